The summed E-state index contributed by atoms with van der Waals surface area (Å²) in [6.07, 6.45) is 7.16. The van der Waals surface area contributed by atoms with Gasteiger partial charge in [-0.1, -0.05) is 57.7 Å². The summed E-state index contributed by atoms with van der Waals surface area (Å²) < 4.78 is 11.9. The van der Waals surface area contributed by atoms with Crippen LogP contribution in [0.25, 0.3) is 0 Å². The van der Waals surface area contributed by atoms with E-state index in [2.05, 4.69) is 38.1 Å². The van der Waals surface area contributed by atoms with Crippen LogP contribution in [0.2, 0.25) is 0 Å². The molecule has 0 fully saturated rings. The van der Waals surface area contributed by atoms with Crippen molar-refractivity contribution in [2.75, 3.05) is 13.2 Å². The van der Waals surface area contributed by atoms with Gasteiger partial charge in [0.2, 0.25) is 8.38 Å². The van der Waals surface area contributed by atoms with E-state index < -0.39 is 8.38 Å². The quantitative estimate of drug-likeness (QED) is 0.418. The molecule has 0 N–H and O–H groups in total. The van der Waals surface area contributed by atoms with Gasteiger partial charge in [-0.25, -0.2) is 0 Å². The van der Waals surface area contributed by atoms with Crippen molar-refractivity contribution in [2.45, 2.75) is 52.4 Å². The van der Waals surface area contributed by atoms with Crippen molar-refractivity contribution in [1.82, 2.24) is 0 Å². The van der Waals surface area contributed by atoms with Gasteiger partial charge in [-0.3, -0.25) is 0 Å². The molecule has 19 heavy (non-hydrogen) atoms. The Bertz CT molecular complexity index is 291. The maximum atomic E-state index is 5.95. The van der Waals surface area contributed by atoms with Crippen molar-refractivity contribution >= 4 is 13.7 Å². The van der Waals surface area contributed by atoms with Crippen LogP contribution in [-0.2, 0) is 9.05 Å². The summed E-state index contributed by atoms with van der Waals surface area (Å²) in [5, 5.41) is 1.19. The molecule has 0 aliphatic rings. The fourth-order valence-corrected chi connectivity index (χ4v) is 3.11. The third-order valence-corrected chi connectivity index (χ3v) is 4.43. The zero-order valence-electron chi connectivity index (χ0n) is 12.3. The zero-order chi connectivity index (χ0) is 13.8. The van der Waals surface area contributed by atoms with Crippen LogP contribution in [0, 0.1) is 0 Å². The molecular weight excluding hydrogens is 255 g/mol. The molecule has 0 unspecified atom stereocenters. The molecule has 0 aromatic heterocycles. The van der Waals surface area contributed by atoms with Gasteiger partial charge in [0, 0.05) is 5.30 Å². The summed E-state index contributed by atoms with van der Waals surface area (Å²) in [6.45, 7) is 6.03. The van der Waals surface area contributed by atoms with Crippen LogP contribution >= 0.6 is 8.38 Å². The fraction of sp³-hybridized carbons (Fsp3) is 0.625. The first-order chi connectivity index (χ1) is 9.38. The van der Waals surface area contributed by atoms with Crippen molar-refractivity contribution in [3.8, 4) is 0 Å². The molecule has 1 aromatic rings. The molecule has 0 heterocycles. The second kappa shape index (κ2) is 11.4. The van der Waals surface area contributed by atoms with E-state index >= 15 is 0 Å². The Morgan fingerprint density at radius 3 is 1.79 bits per heavy atom. The smallest absolute Gasteiger partial charge is 0.205 e. The van der Waals surface area contributed by atoms with E-state index in [1.807, 2.05) is 6.07 Å². The highest BCUT2D eigenvalue weighted by Gasteiger charge is 2.12. The zero-order valence-corrected chi connectivity index (χ0v) is 13.2. The lowest BCUT2D eigenvalue weighted by Gasteiger charge is -2.17. The normalized spacial score (nSPS) is 11.1. The van der Waals surface area contributed by atoms with Crippen LogP contribution in [0.5, 0.6) is 0 Å². The van der Waals surface area contributed by atoms with E-state index in [1.165, 1.54) is 31.0 Å². The average Bonchev–Trinajstić information content (AvgIpc) is 2.46. The standard InChI is InChI=1S/C16H27O2P/c1-3-5-10-14-17-19(18-15-11-6-4-2)16-12-8-7-9-13-16/h7-9,12-13H,3-6,10-11,14-15H2,1-2H3. The number of hydrogen-bond donors (Lipinski definition) is 0. The van der Waals surface area contributed by atoms with Crippen molar-refractivity contribution < 1.29 is 9.05 Å². The molecule has 0 atom stereocenters. The Hall–Kier alpha value is -0.430. The molecule has 108 valence electrons. The van der Waals surface area contributed by atoms with Gasteiger partial charge < -0.3 is 9.05 Å². The fourth-order valence-electron chi connectivity index (χ4n) is 1.74. The van der Waals surface area contributed by atoms with E-state index in [0.29, 0.717) is 0 Å². The van der Waals surface area contributed by atoms with Gasteiger partial charge in [0.25, 0.3) is 0 Å². The van der Waals surface area contributed by atoms with E-state index in [0.717, 1.165) is 26.1 Å². The highest BCUT2D eigenvalue weighted by molar-refractivity contribution is 7.56. The third-order valence-electron chi connectivity index (χ3n) is 2.88. The molecule has 2 nitrogen and oxygen atoms in total. The summed E-state index contributed by atoms with van der Waals surface area (Å²) in [5.41, 5.74) is 0. The molecule has 0 bridgehead atoms. The van der Waals surface area contributed by atoms with Gasteiger partial charge in [-0.15, -0.1) is 0 Å². The van der Waals surface area contributed by atoms with Gasteiger partial charge in [-0.2, -0.15) is 0 Å². The largest absolute Gasteiger partial charge is 0.331 e. The number of unbranched alkanes of at least 4 members (excludes halogenated alkanes) is 4. The summed E-state index contributed by atoms with van der Waals surface area (Å²) in [7, 11) is -0.889. The van der Waals surface area contributed by atoms with Crippen molar-refractivity contribution in [1.29, 1.82) is 0 Å². The minimum absolute atomic E-state index is 0.808. The van der Waals surface area contributed by atoms with Crippen molar-refractivity contribution in [3.05, 3.63) is 30.3 Å². The topological polar surface area (TPSA) is 18.5 Å². The first-order valence-corrected chi connectivity index (χ1v) is 8.67. The molecule has 0 radical (unpaired) electrons. The first kappa shape index (κ1) is 16.6. The Balaban J connectivity index is 2.39. The maximum Gasteiger partial charge on any atom is 0.205 e. The van der Waals surface area contributed by atoms with Gasteiger partial charge in [0.1, 0.15) is 0 Å². The molecule has 3 heteroatoms. The molecular formula is C16H27O2P. The molecule has 1 rings (SSSR count). The Morgan fingerprint density at radius 2 is 1.32 bits per heavy atom. The second-order valence-corrected chi connectivity index (χ2v) is 6.22. The van der Waals surface area contributed by atoms with E-state index in [9.17, 15) is 0 Å². The van der Waals surface area contributed by atoms with E-state index in [-0.39, 0.29) is 0 Å². The molecule has 0 aliphatic carbocycles. The lowest BCUT2D eigenvalue weighted by atomic mass is 10.3. The number of rotatable bonds is 11. The van der Waals surface area contributed by atoms with Crippen LogP contribution in [0.15, 0.2) is 30.3 Å². The summed E-state index contributed by atoms with van der Waals surface area (Å²) in [5.74, 6) is 0. The van der Waals surface area contributed by atoms with Crippen LogP contribution in [0.1, 0.15) is 52.4 Å². The molecule has 0 spiro atoms. The second-order valence-electron chi connectivity index (χ2n) is 4.67. The number of hydrogen-bond acceptors (Lipinski definition) is 2. The monoisotopic (exact) mass is 282 g/mol. The van der Waals surface area contributed by atoms with Gasteiger partial charge in [-0.05, 0) is 25.0 Å². The van der Waals surface area contributed by atoms with E-state index in [1.54, 1.807) is 0 Å². The highest BCUT2D eigenvalue weighted by Crippen LogP contribution is 2.37. The highest BCUT2D eigenvalue weighted by atomic mass is 31.2. The molecule has 0 amide bonds. The van der Waals surface area contributed by atoms with Crippen LogP contribution in [-0.4, -0.2) is 13.2 Å². The SMILES string of the molecule is CCCCCOP(OCCCCC)c1ccccc1. The van der Waals surface area contributed by atoms with Crippen LogP contribution < -0.4 is 5.30 Å². The summed E-state index contributed by atoms with van der Waals surface area (Å²) in [6, 6.07) is 10.3. The lowest BCUT2D eigenvalue weighted by molar-refractivity contribution is 0.248. The number of benzene rings is 1. The van der Waals surface area contributed by atoms with Crippen LogP contribution in [0.4, 0.5) is 0 Å². The minimum Gasteiger partial charge on any atom is -0.331 e. The van der Waals surface area contributed by atoms with Gasteiger partial charge in [0.15, 0.2) is 0 Å². The van der Waals surface area contributed by atoms with Crippen molar-refractivity contribution in [3.63, 3.8) is 0 Å². The summed E-state index contributed by atoms with van der Waals surface area (Å²) >= 11 is 0. The predicted molar refractivity (Wildman–Crippen MR) is 84.0 cm³/mol. The van der Waals surface area contributed by atoms with Gasteiger partial charge in [0.05, 0.1) is 13.2 Å². The van der Waals surface area contributed by atoms with Crippen molar-refractivity contribution in [2.24, 2.45) is 0 Å². The Labute approximate surface area is 119 Å². The van der Waals surface area contributed by atoms with E-state index in [4.69, 9.17) is 9.05 Å². The molecule has 1 aromatic carbocycles. The third kappa shape index (κ3) is 7.67. The Kier molecular flexibility index (Phi) is 9.98. The van der Waals surface area contributed by atoms with Gasteiger partial charge >= 0.3 is 0 Å². The predicted octanol–water partition coefficient (Wildman–Crippen LogP) is 5.04. The molecule has 0 saturated carbocycles. The Morgan fingerprint density at radius 1 is 0.789 bits per heavy atom. The lowest BCUT2D eigenvalue weighted by Crippen LogP contribution is -2.07. The molecule has 0 aliphatic heterocycles. The molecule has 0 saturated heterocycles. The maximum absolute atomic E-state index is 5.95. The minimum atomic E-state index is -0.889. The average molecular weight is 282 g/mol. The first-order valence-electron chi connectivity index (χ1n) is 7.49. The summed E-state index contributed by atoms with van der Waals surface area (Å²) in [4.78, 5) is 0. The van der Waals surface area contributed by atoms with Crippen LogP contribution in [0.3, 0.4) is 0 Å².